The molecule has 0 aromatic rings. The van der Waals surface area contributed by atoms with Gasteiger partial charge in [0.15, 0.2) is 0 Å². The molecule has 0 aliphatic rings. The zero-order valence-electron chi connectivity index (χ0n) is 12.2. The highest BCUT2D eigenvalue weighted by Crippen LogP contribution is 2.12. The molecule has 2 unspecified atom stereocenters. The molecular formula is C12H20O8. The van der Waals surface area contributed by atoms with Gasteiger partial charge in [0.1, 0.15) is 5.60 Å². The van der Waals surface area contributed by atoms with Crippen molar-refractivity contribution in [2.45, 2.75) is 52.8 Å². The number of ether oxygens (including phenoxy) is 3. The first-order valence-electron chi connectivity index (χ1n) is 5.82. The van der Waals surface area contributed by atoms with Crippen molar-refractivity contribution in [3.63, 3.8) is 0 Å². The van der Waals surface area contributed by atoms with Gasteiger partial charge >= 0.3 is 12.1 Å². The molecule has 2 atom stereocenters. The molecule has 8 heteroatoms. The summed E-state index contributed by atoms with van der Waals surface area (Å²) in [4.78, 5) is 31.3. The lowest BCUT2D eigenvalue weighted by Crippen LogP contribution is -2.27. The molecule has 1 N–H and O–H groups in total. The van der Waals surface area contributed by atoms with Gasteiger partial charge in [0.2, 0.25) is 18.3 Å². The summed E-state index contributed by atoms with van der Waals surface area (Å²) in [7, 11) is 0. The second-order valence-electron chi connectivity index (χ2n) is 4.76. The van der Waals surface area contributed by atoms with Crippen LogP contribution in [0.4, 0.5) is 4.79 Å². The van der Waals surface area contributed by atoms with E-state index in [9.17, 15) is 9.59 Å². The smallest absolute Gasteiger partial charge is 0.450 e. The lowest BCUT2D eigenvalue weighted by atomic mass is 10.2. The maximum atomic E-state index is 11.5. The minimum absolute atomic E-state index is 0.359. The van der Waals surface area contributed by atoms with Gasteiger partial charge in [0, 0.05) is 0 Å². The van der Waals surface area contributed by atoms with Crippen molar-refractivity contribution in [1.29, 1.82) is 0 Å². The first kappa shape index (κ1) is 18.2. The molecule has 0 saturated carbocycles. The van der Waals surface area contributed by atoms with Gasteiger partial charge in [-0.15, -0.1) is 0 Å². The summed E-state index contributed by atoms with van der Waals surface area (Å²) in [5, 5.41) is 8.35. The quantitative estimate of drug-likeness (QED) is 0.190. The molecule has 0 radical (unpaired) electrons. The van der Waals surface area contributed by atoms with Crippen LogP contribution in [0.2, 0.25) is 0 Å². The Morgan fingerprint density at radius 1 is 1.10 bits per heavy atom. The van der Waals surface area contributed by atoms with Gasteiger partial charge in [-0.1, -0.05) is 0 Å². The summed E-state index contributed by atoms with van der Waals surface area (Å²) in [6.07, 6.45) is -3.63. The average molecular weight is 292 g/mol. The molecule has 0 spiro atoms. The standard InChI is InChI=1S/C12H20O8/c1-7(19-20-12(4,5)6)10(13)17-8(2)16-9(3)18-11(14)15/h8-9H,1H2,2-6H3,(H,14,15). The van der Waals surface area contributed by atoms with E-state index in [0.717, 1.165) is 0 Å². The van der Waals surface area contributed by atoms with E-state index in [1.54, 1.807) is 20.8 Å². The third kappa shape index (κ3) is 9.17. The lowest BCUT2D eigenvalue weighted by Gasteiger charge is -2.20. The Morgan fingerprint density at radius 3 is 2.05 bits per heavy atom. The van der Waals surface area contributed by atoms with Gasteiger partial charge in [0.25, 0.3) is 0 Å². The Kier molecular flexibility index (Phi) is 7.01. The largest absolute Gasteiger partial charge is 0.508 e. The number of rotatable bonds is 7. The van der Waals surface area contributed by atoms with E-state index in [-0.39, 0.29) is 5.76 Å². The number of esters is 1. The molecule has 20 heavy (non-hydrogen) atoms. The first-order chi connectivity index (χ1) is 9.01. The van der Waals surface area contributed by atoms with Crippen LogP contribution in [0.25, 0.3) is 0 Å². The van der Waals surface area contributed by atoms with Gasteiger partial charge in [-0.3, -0.25) is 0 Å². The fourth-order valence-electron chi connectivity index (χ4n) is 0.893. The third-order valence-corrected chi connectivity index (χ3v) is 1.54. The fourth-order valence-corrected chi connectivity index (χ4v) is 0.893. The summed E-state index contributed by atoms with van der Waals surface area (Å²) in [6.45, 7) is 11.2. The number of carbonyl (C=O) groups is 2. The van der Waals surface area contributed by atoms with Crippen LogP contribution >= 0.6 is 0 Å². The van der Waals surface area contributed by atoms with E-state index >= 15 is 0 Å². The predicted octanol–water partition coefficient (Wildman–Crippen LogP) is 2.19. The minimum Gasteiger partial charge on any atom is -0.450 e. The Morgan fingerprint density at radius 2 is 1.60 bits per heavy atom. The van der Waals surface area contributed by atoms with Crippen LogP contribution in [0.5, 0.6) is 0 Å². The molecule has 116 valence electrons. The fraction of sp³-hybridized carbons (Fsp3) is 0.667. The van der Waals surface area contributed by atoms with E-state index in [1.807, 2.05) is 0 Å². The minimum atomic E-state index is -1.50. The van der Waals surface area contributed by atoms with E-state index in [4.69, 9.17) is 19.5 Å². The van der Waals surface area contributed by atoms with Gasteiger partial charge < -0.3 is 24.2 Å². The topological polar surface area (TPSA) is 101 Å². The maximum Gasteiger partial charge on any atom is 0.508 e. The van der Waals surface area contributed by atoms with Gasteiger partial charge in [-0.25, -0.2) is 9.59 Å². The highest BCUT2D eigenvalue weighted by molar-refractivity contribution is 5.85. The summed E-state index contributed by atoms with van der Waals surface area (Å²) in [5.74, 6) is -1.26. The van der Waals surface area contributed by atoms with E-state index in [2.05, 4.69) is 16.2 Å². The highest BCUT2D eigenvalue weighted by atomic mass is 17.2. The Bertz CT molecular complexity index is 357. The van der Waals surface area contributed by atoms with Crippen molar-refractivity contribution >= 4 is 12.1 Å². The predicted molar refractivity (Wildman–Crippen MR) is 66.3 cm³/mol. The van der Waals surface area contributed by atoms with E-state index in [0.29, 0.717) is 0 Å². The Hall–Kier alpha value is -1.80. The molecule has 0 saturated heterocycles. The van der Waals surface area contributed by atoms with Crippen LogP contribution in [-0.4, -0.2) is 35.4 Å². The third-order valence-electron chi connectivity index (χ3n) is 1.54. The van der Waals surface area contributed by atoms with Crippen molar-refractivity contribution in [2.24, 2.45) is 0 Å². The summed E-state index contributed by atoms with van der Waals surface area (Å²) in [6, 6.07) is 0. The number of carboxylic acid groups (broad SMARTS) is 1. The molecule has 0 aromatic carbocycles. The second-order valence-corrected chi connectivity index (χ2v) is 4.76. The monoisotopic (exact) mass is 292 g/mol. The molecule has 0 fully saturated rings. The molecule has 0 aromatic heterocycles. The molecule has 0 amide bonds. The maximum absolute atomic E-state index is 11.5. The van der Waals surface area contributed by atoms with Gasteiger partial charge in [0.05, 0.1) is 0 Å². The normalized spacial score (nSPS) is 14.1. The highest BCUT2D eigenvalue weighted by Gasteiger charge is 2.21. The SMILES string of the molecule is C=C(OOC(C)(C)C)C(=O)OC(C)OC(C)OC(=O)O. The number of carbonyl (C=O) groups excluding carboxylic acids is 1. The van der Waals surface area contributed by atoms with Crippen molar-refractivity contribution in [2.75, 3.05) is 0 Å². The van der Waals surface area contributed by atoms with Crippen LogP contribution in [0, 0.1) is 0 Å². The lowest BCUT2D eigenvalue weighted by molar-refractivity contribution is -0.322. The molecule has 8 nitrogen and oxygen atoms in total. The van der Waals surface area contributed by atoms with Gasteiger partial charge in [-0.2, -0.15) is 4.89 Å². The van der Waals surface area contributed by atoms with Crippen molar-refractivity contribution < 1.29 is 38.7 Å². The molecule has 0 bridgehead atoms. The summed E-state index contributed by atoms with van der Waals surface area (Å²) < 4.78 is 14.0. The number of hydrogen-bond acceptors (Lipinski definition) is 7. The zero-order chi connectivity index (χ0) is 15.9. The van der Waals surface area contributed by atoms with Crippen molar-refractivity contribution in [1.82, 2.24) is 0 Å². The Balaban J connectivity index is 4.12. The Labute approximate surface area is 117 Å². The summed E-state index contributed by atoms with van der Waals surface area (Å²) >= 11 is 0. The van der Waals surface area contributed by atoms with E-state index in [1.165, 1.54) is 13.8 Å². The van der Waals surface area contributed by atoms with Gasteiger partial charge in [-0.05, 0) is 41.2 Å². The molecular weight excluding hydrogens is 272 g/mol. The first-order valence-corrected chi connectivity index (χ1v) is 5.82. The van der Waals surface area contributed by atoms with Crippen molar-refractivity contribution in [3.05, 3.63) is 12.3 Å². The number of hydrogen-bond donors (Lipinski definition) is 1. The molecule has 0 heterocycles. The van der Waals surface area contributed by atoms with Crippen LogP contribution in [-0.2, 0) is 28.8 Å². The van der Waals surface area contributed by atoms with Crippen LogP contribution in [0.1, 0.15) is 34.6 Å². The van der Waals surface area contributed by atoms with Crippen molar-refractivity contribution in [3.8, 4) is 0 Å². The second kappa shape index (κ2) is 7.71. The zero-order valence-corrected chi connectivity index (χ0v) is 12.2. The van der Waals surface area contributed by atoms with Crippen LogP contribution in [0.15, 0.2) is 12.3 Å². The van der Waals surface area contributed by atoms with E-state index < -0.39 is 30.3 Å². The average Bonchev–Trinajstić information content (AvgIpc) is 2.22. The van der Waals surface area contributed by atoms with Crippen LogP contribution < -0.4 is 0 Å². The molecule has 0 aliphatic carbocycles. The summed E-state index contributed by atoms with van der Waals surface area (Å²) in [5.41, 5.74) is -0.616. The molecule has 0 aliphatic heterocycles. The van der Waals surface area contributed by atoms with Crippen LogP contribution in [0.3, 0.4) is 0 Å². The molecule has 0 rings (SSSR count).